The highest BCUT2D eigenvalue weighted by molar-refractivity contribution is 7.66. The third-order valence-electron chi connectivity index (χ3n) is 4.28. The first-order chi connectivity index (χ1) is 16.2. The van der Waals surface area contributed by atoms with Crippen LogP contribution in [0, 0.1) is 0 Å². The van der Waals surface area contributed by atoms with Crippen molar-refractivity contribution in [3.05, 3.63) is 23.1 Å². The predicted octanol–water partition coefficient (Wildman–Crippen LogP) is 1.08. The fraction of sp³-hybridized carbons (Fsp3) is 0.583. The second-order valence-electron chi connectivity index (χ2n) is 6.81. The van der Waals surface area contributed by atoms with E-state index in [1.54, 1.807) is 0 Å². The molecule has 35 heavy (non-hydrogen) atoms. The monoisotopic (exact) mass is 560 g/mol. The molecular weight excluding hydrogens is 541 g/mol. The summed E-state index contributed by atoms with van der Waals surface area (Å²) in [7, 11) is -16.6. The van der Waals surface area contributed by atoms with E-state index in [0.29, 0.717) is 5.65 Å². The fourth-order valence-electron chi connectivity index (χ4n) is 3.07. The zero-order valence-corrected chi connectivity index (χ0v) is 20.2. The zero-order valence-electron chi connectivity index (χ0n) is 17.5. The highest BCUT2D eigenvalue weighted by Gasteiger charge is 2.44. The summed E-state index contributed by atoms with van der Waals surface area (Å²) in [6.07, 6.45) is -1.23. The minimum atomic E-state index is -5.69. The summed E-state index contributed by atoms with van der Waals surface area (Å²) in [6, 6.07) is 0. The number of hydrogen-bond donors (Lipinski definition) is 5. The summed E-state index contributed by atoms with van der Waals surface area (Å²) in [5.74, 6) is 0.112. The van der Waals surface area contributed by atoms with Crippen LogP contribution in [0.25, 0.3) is 21.6 Å². The van der Waals surface area contributed by atoms with Crippen LogP contribution in [0.15, 0.2) is 17.8 Å². The van der Waals surface area contributed by atoms with Gasteiger partial charge in [0.05, 0.1) is 19.0 Å². The van der Waals surface area contributed by atoms with Gasteiger partial charge in [0.15, 0.2) is 11.5 Å². The van der Waals surface area contributed by atoms with Crippen LogP contribution in [-0.2, 0) is 36.3 Å². The number of imidazole rings is 1. The van der Waals surface area contributed by atoms with Crippen LogP contribution in [0.1, 0.15) is 19.6 Å². The summed E-state index contributed by atoms with van der Waals surface area (Å²) in [5, 5.41) is 3.38. The average Bonchev–Trinajstić information content (AvgIpc) is 3.28. The van der Waals surface area contributed by atoms with Gasteiger partial charge in [-0.25, -0.2) is 28.6 Å². The fourth-order valence-corrected chi connectivity index (χ4v) is 6.10. The minimum Gasteiger partial charge on any atom is -0.382 e. The lowest BCUT2D eigenvalue weighted by atomic mass is 10.2. The Morgan fingerprint density at radius 3 is 2.63 bits per heavy atom. The summed E-state index contributed by atoms with van der Waals surface area (Å²) in [5.41, 5.74) is 15.0. The van der Waals surface area contributed by atoms with Crippen molar-refractivity contribution in [2.45, 2.75) is 38.0 Å². The molecule has 0 radical (unpaired) electrons. The molecule has 2 aromatic heterocycles. The molecule has 0 bridgehead atoms. The number of phosphoric acid groups is 3. The highest BCUT2D eigenvalue weighted by Crippen LogP contribution is 2.66. The molecule has 1 aliphatic rings. The van der Waals surface area contributed by atoms with E-state index >= 15 is 0 Å². The van der Waals surface area contributed by atoms with E-state index < -0.39 is 54.7 Å². The van der Waals surface area contributed by atoms with Gasteiger partial charge in [-0.15, -0.1) is 0 Å². The number of ether oxygens (including phenoxy) is 2. The van der Waals surface area contributed by atoms with Gasteiger partial charge in [-0.1, -0.05) is 5.11 Å². The zero-order chi connectivity index (χ0) is 26.0. The predicted molar refractivity (Wildman–Crippen MR) is 112 cm³/mol. The molecule has 0 spiro atoms. The first-order valence-electron chi connectivity index (χ1n) is 9.26. The van der Waals surface area contributed by atoms with Crippen molar-refractivity contribution in [1.82, 2.24) is 19.5 Å². The van der Waals surface area contributed by atoms with Gasteiger partial charge in [0.1, 0.15) is 30.4 Å². The second-order valence-corrected chi connectivity index (χ2v) is 11.2. The molecule has 1 aliphatic heterocycles. The Hall–Kier alpha value is -2.01. The number of nitrogens with two attached hydrogens (primary N) is 1. The maximum atomic E-state index is 12.1. The van der Waals surface area contributed by atoms with Crippen LogP contribution < -0.4 is 5.73 Å². The van der Waals surface area contributed by atoms with E-state index in [1.165, 1.54) is 24.1 Å². The third-order valence-corrected chi connectivity index (χ3v) is 8.08. The maximum absolute atomic E-state index is 12.1. The number of azide groups is 1. The summed E-state index contributed by atoms with van der Waals surface area (Å²) >= 11 is 0. The van der Waals surface area contributed by atoms with Gasteiger partial charge < -0.3 is 34.8 Å². The van der Waals surface area contributed by atoms with Crippen LogP contribution in [0.3, 0.4) is 0 Å². The quantitative estimate of drug-likeness (QED) is 0.111. The number of fused-ring (bicyclic) bond motifs is 1. The summed E-state index contributed by atoms with van der Waals surface area (Å²) in [4.78, 5) is 50.8. The number of rotatable bonds is 11. The number of nitrogen functional groups attached to an aromatic ring is 1. The lowest BCUT2D eigenvalue weighted by Gasteiger charge is -2.22. The molecule has 3 heterocycles. The van der Waals surface area contributed by atoms with E-state index in [-0.39, 0.29) is 17.8 Å². The average molecular weight is 560 g/mol. The lowest BCUT2D eigenvalue weighted by Crippen LogP contribution is -2.31. The second kappa shape index (κ2) is 10.5. The van der Waals surface area contributed by atoms with Crippen molar-refractivity contribution in [3.8, 4) is 0 Å². The SMILES string of the molecule is C[C@H](N=[N+]=[N-])O[C@@H]1CC(n2cnc3c(N)ncnc32)OC1COP(=O)(O)OP(=O)(O)OP(=O)(O)O. The summed E-state index contributed by atoms with van der Waals surface area (Å²) in [6.45, 7) is 0.643. The molecule has 0 saturated carbocycles. The van der Waals surface area contributed by atoms with E-state index in [4.69, 9.17) is 30.5 Å². The number of hydrogen-bond acceptors (Lipinski definition) is 13. The molecule has 0 aliphatic carbocycles. The van der Waals surface area contributed by atoms with Crippen molar-refractivity contribution in [3.63, 3.8) is 0 Å². The Morgan fingerprint density at radius 1 is 1.26 bits per heavy atom. The molecule has 0 aromatic carbocycles. The molecule has 20 nitrogen and oxygen atoms in total. The number of aromatic nitrogens is 4. The van der Waals surface area contributed by atoms with Crippen molar-refractivity contribution >= 4 is 40.4 Å². The molecule has 6 atom stereocenters. The topological polar surface area (TPSA) is 297 Å². The standard InChI is InChI=1S/C12H19N8O12P3/c1-6(18-19-14)29-7-2-9(20-5-17-10-11(13)15-4-16-12(10)20)30-8(7)3-28-34(24,25)32-35(26,27)31-33(21,22)23/h4-9H,2-3H2,1H3,(H,24,25)(H,26,27)(H2,13,15,16)(H2,21,22,23)/t6-,7-,8?,9?/m1/s1. The minimum absolute atomic E-state index is 0.0745. The van der Waals surface area contributed by atoms with Crippen molar-refractivity contribution < 1.29 is 55.9 Å². The molecule has 23 heteroatoms. The third kappa shape index (κ3) is 7.49. The van der Waals surface area contributed by atoms with Gasteiger partial charge in [0.25, 0.3) is 0 Å². The van der Waals surface area contributed by atoms with Crippen molar-refractivity contribution in [2.75, 3.05) is 12.3 Å². The Labute approximate surface area is 195 Å². The Bertz CT molecular complexity index is 1260. The molecular formula is C12H19N8O12P3. The molecule has 4 unspecified atom stereocenters. The van der Waals surface area contributed by atoms with E-state index in [0.717, 1.165) is 0 Å². The van der Waals surface area contributed by atoms with Gasteiger partial charge in [0.2, 0.25) is 0 Å². The van der Waals surface area contributed by atoms with Gasteiger partial charge >= 0.3 is 23.5 Å². The first kappa shape index (κ1) is 27.6. The van der Waals surface area contributed by atoms with Crippen LogP contribution in [0.2, 0.25) is 0 Å². The lowest BCUT2D eigenvalue weighted by molar-refractivity contribution is -0.0745. The normalized spacial score (nSPS) is 25.0. The van der Waals surface area contributed by atoms with Gasteiger partial charge in [0, 0.05) is 11.3 Å². The number of anilines is 1. The van der Waals surface area contributed by atoms with Crippen LogP contribution in [0.5, 0.6) is 0 Å². The van der Waals surface area contributed by atoms with Crippen LogP contribution in [-0.4, -0.2) is 64.1 Å². The molecule has 0 amide bonds. The Balaban J connectivity index is 1.76. The van der Waals surface area contributed by atoms with E-state index in [2.05, 4.69) is 38.1 Å². The molecule has 194 valence electrons. The van der Waals surface area contributed by atoms with Crippen LogP contribution >= 0.6 is 23.5 Å². The first-order valence-corrected chi connectivity index (χ1v) is 13.8. The van der Waals surface area contributed by atoms with E-state index in [1.807, 2.05) is 0 Å². The van der Waals surface area contributed by atoms with E-state index in [9.17, 15) is 23.5 Å². The van der Waals surface area contributed by atoms with Crippen molar-refractivity contribution in [2.24, 2.45) is 5.11 Å². The molecule has 3 rings (SSSR count). The number of phosphoric ester groups is 1. The van der Waals surface area contributed by atoms with Crippen LogP contribution in [0.4, 0.5) is 5.82 Å². The Morgan fingerprint density at radius 2 is 1.97 bits per heavy atom. The Kier molecular flexibility index (Phi) is 8.30. The highest BCUT2D eigenvalue weighted by atomic mass is 31.3. The van der Waals surface area contributed by atoms with Gasteiger partial charge in [-0.05, 0) is 12.5 Å². The molecule has 1 saturated heterocycles. The van der Waals surface area contributed by atoms with Crippen molar-refractivity contribution in [1.29, 1.82) is 0 Å². The molecule has 2 aromatic rings. The van der Waals surface area contributed by atoms with Gasteiger partial charge in [-0.2, -0.15) is 8.62 Å². The molecule has 6 N–H and O–H groups in total. The number of nitrogens with zero attached hydrogens (tertiary/aromatic N) is 7. The largest absolute Gasteiger partial charge is 0.490 e. The maximum Gasteiger partial charge on any atom is 0.490 e. The smallest absolute Gasteiger partial charge is 0.382 e. The molecule has 1 fully saturated rings. The summed E-state index contributed by atoms with van der Waals surface area (Å²) < 4.78 is 59.2. The van der Waals surface area contributed by atoms with Gasteiger partial charge in [-0.3, -0.25) is 9.09 Å².